The number of imidazole rings is 1. The van der Waals surface area contributed by atoms with Gasteiger partial charge in [0.2, 0.25) is 0 Å². The molecule has 0 saturated carbocycles. The summed E-state index contributed by atoms with van der Waals surface area (Å²) < 4.78 is 4.71. The van der Waals surface area contributed by atoms with Crippen LogP contribution in [-0.2, 0) is 26.6 Å². The van der Waals surface area contributed by atoms with Crippen LogP contribution in [0.5, 0.6) is 0 Å². The van der Waals surface area contributed by atoms with Gasteiger partial charge >= 0.3 is 5.69 Å². The van der Waals surface area contributed by atoms with E-state index in [1.165, 1.54) is 11.6 Å². The van der Waals surface area contributed by atoms with Gasteiger partial charge in [-0.25, -0.2) is 9.78 Å². The Labute approximate surface area is 129 Å². The number of hydrogen-bond acceptors (Lipinski definition) is 4. The molecular weight excluding hydrogens is 282 g/mol. The van der Waals surface area contributed by atoms with Crippen LogP contribution in [0.4, 0.5) is 0 Å². The summed E-state index contributed by atoms with van der Waals surface area (Å²) in [6, 6.07) is 0. The molecule has 0 aliphatic rings. The highest BCUT2D eigenvalue weighted by Gasteiger charge is 2.19. The Morgan fingerprint density at radius 1 is 1.14 bits per heavy atom. The number of nitrogens with two attached hydrogens (primary N) is 1. The molecule has 0 fully saturated rings. The standard InChI is InChI=1S/C15H25N5O2/c1-4-8-11-17-13-12(20(11)10-7-6-9-16)14(21)18(3)15(22)19(13)5-2/h4-10,16H2,1-3H3. The molecule has 0 amide bonds. The molecule has 0 aliphatic carbocycles. The molecule has 2 aromatic heterocycles. The van der Waals surface area contributed by atoms with Gasteiger partial charge in [-0.05, 0) is 32.7 Å². The van der Waals surface area contributed by atoms with Gasteiger partial charge in [-0.3, -0.25) is 13.9 Å². The van der Waals surface area contributed by atoms with Crippen LogP contribution in [0.25, 0.3) is 11.2 Å². The fourth-order valence-electron chi connectivity index (χ4n) is 2.76. The van der Waals surface area contributed by atoms with Crippen molar-refractivity contribution >= 4 is 11.2 Å². The zero-order valence-corrected chi connectivity index (χ0v) is 13.6. The van der Waals surface area contributed by atoms with Crippen LogP contribution in [0.15, 0.2) is 9.59 Å². The summed E-state index contributed by atoms with van der Waals surface area (Å²) in [4.78, 5) is 29.4. The Bertz CT molecular complexity index is 769. The first-order valence-electron chi connectivity index (χ1n) is 7.95. The molecule has 122 valence electrons. The molecule has 2 heterocycles. The molecule has 0 aliphatic heterocycles. The molecule has 0 unspecified atom stereocenters. The molecule has 0 atom stereocenters. The third kappa shape index (κ3) is 2.72. The lowest BCUT2D eigenvalue weighted by atomic mass is 10.3. The van der Waals surface area contributed by atoms with Crippen LogP contribution in [0, 0.1) is 0 Å². The van der Waals surface area contributed by atoms with Gasteiger partial charge in [0.15, 0.2) is 11.2 Å². The van der Waals surface area contributed by atoms with Crippen molar-refractivity contribution in [3.8, 4) is 0 Å². The first-order chi connectivity index (χ1) is 10.6. The first kappa shape index (κ1) is 16.5. The smallest absolute Gasteiger partial charge is 0.330 e. The maximum Gasteiger partial charge on any atom is 0.332 e. The fourth-order valence-corrected chi connectivity index (χ4v) is 2.76. The molecule has 2 rings (SSSR count). The molecule has 0 spiro atoms. The van der Waals surface area contributed by atoms with Gasteiger partial charge < -0.3 is 10.3 Å². The summed E-state index contributed by atoms with van der Waals surface area (Å²) >= 11 is 0. The van der Waals surface area contributed by atoms with Crippen molar-refractivity contribution in [2.24, 2.45) is 12.8 Å². The quantitative estimate of drug-likeness (QED) is 0.759. The topological polar surface area (TPSA) is 87.8 Å². The zero-order valence-electron chi connectivity index (χ0n) is 13.6. The molecule has 2 N–H and O–H groups in total. The molecule has 0 bridgehead atoms. The monoisotopic (exact) mass is 307 g/mol. The van der Waals surface area contributed by atoms with Crippen LogP contribution >= 0.6 is 0 Å². The molecular formula is C15H25N5O2. The Kier molecular flexibility index (Phi) is 5.18. The number of unbranched alkanes of at least 4 members (excludes halogenated alkanes) is 1. The minimum atomic E-state index is -0.311. The summed E-state index contributed by atoms with van der Waals surface area (Å²) in [5.41, 5.74) is 6.02. The third-order valence-corrected chi connectivity index (χ3v) is 3.93. The van der Waals surface area contributed by atoms with E-state index in [4.69, 9.17) is 5.73 Å². The SMILES string of the molecule is CCCc1nc2c(c(=O)n(C)c(=O)n2CC)n1CCCCN. The van der Waals surface area contributed by atoms with Gasteiger partial charge in [0.05, 0.1) is 0 Å². The van der Waals surface area contributed by atoms with Gasteiger partial charge in [0.25, 0.3) is 5.56 Å². The lowest BCUT2D eigenvalue weighted by Gasteiger charge is -2.09. The van der Waals surface area contributed by atoms with E-state index in [0.29, 0.717) is 30.8 Å². The Hall–Kier alpha value is -1.89. The summed E-state index contributed by atoms with van der Waals surface area (Å²) in [6.07, 6.45) is 3.53. The first-order valence-corrected chi connectivity index (χ1v) is 7.95. The fraction of sp³-hybridized carbons (Fsp3) is 0.667. The maximum atomic E-state index is 12.6. The summed E-state index contributed by atoms with van der Waals surface area (Å²) in [5, 5.41) is 0. The normalized spacial score (nSPS) is 11.5. The molecule has 2 aromatic rings. The lowest BCUT2D eigenvalue weighted by molar-refractivity contribution is 0.594. The Morgan fingerprint density at radius 3 is 2.45 bits per heavy atom. The number of nitrogens with zero attached hydrogens (tertiary/aromatic N) is 4. The number of rotatable bonds is 7. The number of fused-ring (bicyclic) bond motifs is 1. The van der Waals surface area contributed by atoms with Crippen LogP contribution in [0.2, 0.25) is 0 Å². The van der Waals surface area contributed by atoms with Gasteiger partial charge in [-0.1, -0.05) is 6.92 Å². The van der Waals surface area contributed by atoms with Crippen molar-refractivity contribution in [3.63, 3.8) is 0 Å². The van der Waals surface area contributed by atoms with Crippen molar-refractivity contribution in [1.82, 2.24) is 18.7 Å². The number of aryl methyl sites for hydroxylation is 3. The predicted molar refractivity (Wildman–Crippen MR) is 87.2 cm³/mol. The second kappa shape index (κ2) is 6.91. The minimum absolute atomic E-state index is 0.271. The van der Waals surface area contributed by atoms with Crippen molar-refractivity contribution in [3.05, 3.63) is 26.7 Å². The summed E-state index contributed by atoms with van der Waals surface area (Å²) in [5.74, 6) is 0.874. The van der Waals surface area contributed by atoms with Crippen molar-refractivity contribution in [1.29, 1.82) is 0 Å². The summed E-state index contributed by atoms with van der Waals surface area (Å²) in [6.45, 7) is 5.80. The van der Waals surface area contributed by atoms with Crippen LogP contribution in [0.1, 0.15) is 38.9 Å². The van der Waals surface area contributed by atoms with E-state index in [1.54, 1.807) is 4.57 Å². The van der Waals surface area contributed by atoms with Gasteiger partial charge in [-0.2, -0.15) is 0 Å². The summed E-state index contributed by atoms with van der Waals surface area (Å²) in [7, 11) is 1.52. The Morgan fingerprint density at radius 2 is 1.86 bits per heavy atom. The van der Waals surface area contributed by atoms with Crippen molar-refractivity contribution in [2.45, 2.75) is 52.6 Å². The van der Waals surface area contributed by atoms with Gasteiger partial charge in [-0.15, -0.1) is 0 Å². The third-order valence-electron chi connectivity index (χ3n) is 3.93. The molecule has 7 heteroatoms. The molecule has 0 radical (unpaired) electrons. The highest BCUT2D eigenvalue weighted by molar-refractivity contribution is 5.71. The molecule has 0 aromatic carbocycles. The minimum Gasteiger partial charge on any atom is -0.330 e. The highest BCUT2D eigenvalue weighted by atomic mass is 16.2. The van der Waals surface area contributed by atoms with E-state index in [9.17, 15) is 9.59 Å². The zero-order chi connectivity index (χ0) is 16.3. The number of hydrogen-bond donors (Lipinski definition) is 1. The van der Waals surface area contributed by atoms with Crippen LogP contribution < -0.4 is 17.0 Å². The van der Waals surface area contributed by atoms with E-state index in [-0.39, 0.29) is 11.2 Å². The predicted octanol–water partition coefficient (Wildman–Crippen LogP) is 0.608. The van der Waals surface area contributed by atoms with Crippen LogP contribution in [-0.4, -0.2) is 25.2 Å². The lowest BCUT2D eigenvalue weighted by Crippen LogP contribution is -2.38. The second-order valence-corrected chi connectivity index (χ2v) is 5.49. The Balaban J connectivity index is 2.74. The average molecular weight is 307 g/mol. The van der Waals surface area contributed by atoms with E-state index in [2.05, 4.69) is 11.9 Å². The van der Waals surface area contributed by atoms with E-state index in [1.807, 2.05) is 11.5 Å². The average Bonchev–Trinajstić information content (AvgIpc) is 2.85. The largest absolute Gasteiger partial charge is 0.332 e. The number of aromatic nitrogens is 4. The second-order valence-electron chi connectivity index (χ2n) is 5.49. The maximum absolute atomic E-state index is 12.6. The molecule has 7 nitrogen and oxygen atoms in total. The van der Waals surface area contributed by atoms with Crippen molar-refractivity contribution < 1.29 is 0 Å². The molecule has 22 heavy (non-hydrogen) atoms. The highest BCUT2D eigenvalue weighted by Crippen LogP contribution is 2.14. The van der Waals surface area contributed by atoms with Crippen LogP contribution in [0.3, 0.4) is 0 Å². The van der Waals surface area contributed by atoms with E-state index in [0.717, 1.165) is 31.5 Å². The van der Waals surface area contributed by atoms with Gasteiger partial charge in [0.1, 0.15) is 5.82 Å². The molecule has 0 saturated heterocycles. The van der Waals surface area contributed by atoms with Crippen molar-refractivity contribution in [2.75, 3.05) is 6.54 Å². The van der Waals surface area contributed by atoms with E-state index < -0.39 is 0 Å². The van der Waals surface area contributed by atoms with Gasteiger partial charge in [0, 0.05) is 26.6 Å². The van der Waals surface area contributed by atoms with E-state index >= 15 is 0 Å².